The van der Waals surface area contributed by atoms with Crippen LogP contribution in [0.4, 0.5) is 0 Å². The Bertz CT molecular complexity index is 890. The second-order valence-corrected chi connectivity index (χ2v) is 7.18. The maximum Gasteiger partial charge on any atom is 0.357 e. The van der Waals surface area contributed by atoms with E-state index in [0.717, 1.165) is 0 Å². The van der Waals surface area contributed by atoms with Crippen LogP contribution >= 0.6 is 0 Å². The van der Waals surface area contributed by atoms with Gasteiger partial charge in [-0.3, -0.25) is 4.79 Å². The molecule has 0 amide bonds. The average Bonchev–Trinajstić information content (AvgIpc) is 2.78. The summed E-state index contributed by atoms with van der Waals surface area (Å²) in [6.07, 6.45) is 0.793. The topological polar surface area (TPSA) is 82.1 Å². The Morgan fingerprint density at radius 3 is 2.17 bits per heavy atom. The maximum atomic E-state index is 12.4. The molecule has 1 aliphatic rings. The zero-order chi connectivity index (χ0) is 21.5. The van der Waals surface area contributed by atoms with Gasteiger partial charge in [0.15, 0.2) is 11.9 Å². The van der Waals surface area contributed by atoms with Crippen LogP contribution < -0.4 is 4.74 Å². The number of piperidine rings is 1. The third kappa shape index (κ3) is 5.45. The molecule has 7 nitrogen and oxygen atoms in total. The van der Waals surface area contributed by atoms with Crippen molar-refractivity contribution in [3.8, 4) is 5.75 Å². The number of nitrogens with zero attached hydrogens (tertiary/aromatic N) is 1. The molecule has 2 aromatic carbocycles. The van der Waals surface area contributed by atoms with E-state index in [-0.39, 0.29) is 22.8 Å². The lowest BCUT2D eigenvalue weighted by Gasteiger charge is -2.34. The number of Topliss-reactive ketones (excluding diaryl/α,β-unsaturated/α-hetero) is 1. The van der Waals surface area contributed by atoms with Crippen molar-refractivity contribution in [2.75, 3.05) is 20.2 Å². The minimum atomic E-state index is -0.539. The molecule has 1 aliphatic heterocycles. The molecule has 1 atom stereocenters. The second kappa shape index (κ2) is 10.0. The first-order chi connectivity index (χ1) is 14.5. The minimum absolute atomic E-state index is 0.0195. The van der Waals surface area contributed by atoms with Gasteiger partial charge in [-0.1, -0.05) is 24.3 Å². The minimum Gasteiger partial charge on any atom is -0.482 e. The van der Waals surface area contributed by atoms with Crippen LogP contribution in [0.5, 0.6) is 5.75 Å². The molecule has 1 unspecified atom stereocenters. The second-order valence-electron chi connectivity index (χ2n) is 7.18. The highest BCUT2D eigenvalue weighted by Gasteiger charge is 2.32. The fraction of sp³-hybridized carbons (Fsp3) is 0.348. The van der Waals surface area contributed by atoms with E-state index in [1.165, 1.54) is 20.1 Å². The quantitative estimate of drug-likeness (QED) is 0.647. The van der Waals surface area contributed by atoms with Crippen LogP contribution in [0.2, 0.25) is 0 Å². The number of carbonyl (C=O) groups is 3. The van der Waals surface area contributed by atoms with Crippen LogP contribution in [0.1, 0.15) is 40.5 Å². The Hall–Kier alpha value is -3.19. The van der Waals surface area contributed by atoms with Gasteiger partial charge in [0.25, 0.3) is 0 Å². The van der Waals surface area contributed by atoms with Crippen molar-refractivity contribution in [3.63, 3.8) is 0 Å². The number of ketones is 1. The average molecular weight is 411 g/mol. The first-order valence-corrected chi connectivity index (χ1v) is 9.85. The van der Waals surface area contributed by atoms with Crippen molar-refractivity contribution in [1.29, 1.82) is 0 Å². The van der Waals surface area contributed by atoms with Crippen molar-refractivity contribution in [2.24, 2.45) is 5.92 Å². The van der Waals surface area contributed by atoms with E-state index >= 15 is 0 Å². The molecule has 0 aliphatic carbocycles. The Morgan fingerprint density at radius 2 is 1.57 bits per heavy atom. The highest BCUT2D eigenvalue weighted by atomic mass is 16.7. The predicted octanol–water partition coefficient (Wildman–Crippen LogP) is 3.29. The molecule has 30 heavy (non-hydrogen) atoms. The zero-order valence-corrected chi connectivity index (χ0v) is 17.1. The van der Waals surface area contributed by atoms with Gasteiger partial charge in [0, 0.05) is 19.0 Å². The summed E-state index contributed by atoms with van der Waals surface area (Å²) in [4.78, 5) is 41.7. The lowest BCUT2D eigenvalue weighted by molar-refractivity contribution is -0.140. The molecule has 7 heteroatoms. The first-order valence-electron chi connectivity index (χ1n) is 9.85. The number of hydrogen-bond donors (Lipinski definition) is 0. The summed E-state index contributed by atoms with van der Waals surface area (Å²) < 4.78 is 10.6. The molecule has 1 saturated heterocycles. The number of methoxy groups -OCH3 is 1. The molecular weight excluding hydrogens is 386 g/mol. The van der Waals surface area contributed by atoms with Gasteiger partial charge >= 0.3 is 11.9 Å². The summed E-state index contributed by atoms with van der Waals surface area (Å²) in [6, 6.07) is 15.5. The third-order valence-electron chi connectivity index (χ3n) is 5.07. The lowest BCUT2D eigenvalue weighted by Crippen LogP contribution is -2.43. The number of rotatable bonds is 7. The van der Waals surface area contributed by atoms with Crippen molar-refractivity contribution in [2.45, 2.75) is 25.9 Å². The summed E-state index contributed by atoms with van der Waals surface area (Å²) in [5.41, 5.74) is 0.557. The number of hydroxylamine groups is 2. The van der Waals surface area contributed by atoms with Crippen LogP contribution in [0.3, 0.4) is 0 Å². The van der Waals surface area contributed by atoms with Gasteiger partial charge in [0.05, 0.1) is 18.2 Å². The molecule has 1 heterocycles. The molecule has 3 rings (SSSR count). The summed E-state index contributed by atoms with van der Waals surface area (Å²) in [7, 11) is 1.29. The molecule has 0 radical (unpaired) electrons. The maximum absolute atomic E-state index is 12.4. The van der Waals surface area contributed by atoms with Crippen LogP contribution in [0, 0.1) is 5.92 Å². The van der Waals surface area contributed by atoms with Gasteiger partial charge in [-0.2, -0.15) is 0 Å². The number of carbonyl (C=O) groups excluding carboxylic acids is 3. The molecular formula is C23H25NO6. The molecule has 0 saturated carbocycles. The van der Waals surface area contributed by atoms with Crippen LogP contribution in [0.15, 0.2) is 54.6 Å². The molecule has 0 bridgehead atoms. The third-order valence-corrected chi connectivity index (χ3v) is 5.07. The van der Waals surface area contributed by atoms with E-state index in [9.17, 15) is 14.4 Å². The van der Waals surface area contributed by atoms with Crippen LogP contribution in [0.25, 0.3) is 0 Å². The summed E-state index contributed by atoms with van der Waals surface area (Å²) in [5, 5.41) is 1.59. The Labute approximate surface area is 175 Å². The molecule has 2 aromatic rings. The standard InChI is InChI=1S/C23H25NO6/c1-16(25)21(29-20-9-4-3-5-10-20)17-11-13-24(14-12-17)30-23(27)19-8-6-7-18(15-19)22(26)28-2/h3-10,15,17,21H,11-14H2,1-2H3. The summed E-state index contributed by atoms with van der Waals surface area (Å²) in [6.45, 7) is 2.53. The van der Waals surface area contributed by atoms with Crippen LogP contribution in [-0.4, -0.2) is 49.1 Å². The van der Waals surface area contributed by atoms with E-state index < -0.39 is 18.0 Å². The number of esters is 1. The fourth-order valence-electron chi connectivity index (χ4n) is 3.49. The van der Waals surface area contributed by atoms with Gasteiger partial charge in [-0.25, -0.2) is 9.59 Å². The predicted molar refractivity (Wildman–Crippen MR) is 109 cm³/mol. The van der Waals surface area contributed by atoms with Crippen molar-refractivity contribution < 1.29 is 28.7 Å². The van der Waals surface area contributed by atoms with Crippen molar-refractivity contribution in [3.05, 3.63) is 65.7 Å². The van der Waals surface area contributed by atoms with Gasteiger partial charge in [0.2, 0.25) is 0 Å². The van der Waals surface area contributed by atoms with E-state index in [4.69, 9.17) is 9.57 Å². The molecule has 0 spiro atoms. The van der Waals surface area contributed by atoms with E-state index in [0.29, 0.717) is 31.7 Å². The number of hydrogen-bond acceptors (Lipinski definition) is 7. The number of benzene rings is 2. The monoisotopic (exact) mass is 411 g/mol. The van der Waals surface area contributed by atoms with E-state index in [1.54, 1.807) is 23.3 Å². The van der Waals surface area contributed by atoms with Crippen molar-refractivity contribution in [1.82, 2.24) is 5.06 Å². The van der Waals surface area contributed by atoms with E-state index in [1.807, 2.05) is 30.3 Å². The summed E-state index contributed by atoms with van der Waals surface area (Å²) >= 11 is 0. The van der Waals surface area contributed by atoms with Crippen molar-refractivity contribution >= 4 is 17.7 Å². The normalized spacial score (nSPS) is 15.8. The molecule has 0 aromatic heterocycles. The first kappa shape index (κ1) is 21.5. The van der Waals surface area contributed by atoms with Crippen LogP contribution in [-0.2, 0) is 14.4 Å². The lowest BCUT2D eigenvalue weighted by atomic mass is 9.90. The Kier molecular flexibility index (Phi) is 7.19. The summed E-state index contributed by atoms with van der Waals surface area (Å²) in [5.74, 6) is -0.367. The molecule has 158 valence electrons. The Balaban J connectivity index is 1.56. The fourth-order valence-corrected chi connectivity index (χ4v) is 3.49. The Morgan fingerprint density at radius 1 is 0.933 bits per heavy atom. The van der Waals surface area contributed by atoms with Gasteiger partial charge < -0.3 is 14.3 Å². The smallest absolute Gasteiger partial charge is 0.357 e. The zero-order valence-electron chi connectivity index (χ0n) is 17.1. The number of para-hydroxylation sites is 1. The highest BCUT2D eigenvalue weighted by Crippen LogP contribution is 2.26. The highest BCUT2D eigenvalue weighted by molar-refractivity contribution is 5.95. The number of ether oxygens (including phenoxy) is 2. The SMILES string of the molecule is COC(=O)c1cccc(C(=O)ON2CCC(C(Oc3ccccc3)C(C)=O)CC2)c1. The molecule has 1 fully saturated rings. The largest absolute Gasteiger partial charge is 0.482 e. The molecule has 0 N–H and O–H groups in total. The van der Waals surface area contributed by atoms with Gasteiger partial charge in [-0.05, 0) is 50.1 Å². The van der Waals surface area contributed by atoms with Gasteiger partial charge in [-0.15, -0.1) is 5.06 Å². The van der Waals surface area contributed by atoms with Gasteiger partial charge in [0.1, 0.15) is 5.75 Å². The van der Waals surface area contributed by atoms with E-state index in [2.05, 4.69) is 4.74 Å².